The van der Waals surface area contributed by atoms with Gasteiger partial charge in [-0.15, -0.1) is 0 Å². The van der Waals surface area contributed by atoms with Crippen LogP contribution in [0.2, 0.25) is 0 Å². The van der Waals surface area contributed by atoms with Crippen molar-refractivity contribution in [1.29, 1.82) is 0 Å². The Morgan fingerprint density at radius 2 is 1.86 bits per heavy atom. The number of amides is 2. The van der Waals surface area contributed by atoms with E-state index in [2.05, 4.69) is 15.4 Å². The Hall–Kier alpha value is -1.89. The molecule has 0 spiro atoms. The first-order valence-corrected chi connectivity index (χ1v) is 7.85. The van der Waals surface area contributed by atoms with Gasteiger partial charge in [-0.1, -0.05) is 30.3 Å². The number of hydrogen-bond acceptors (Lipinski definition) is 5. The van der Waals surface area contributed by atoms with Gasteiger partial charge >= 0.3 is 12.2 Å². The molecule has 0 aliphatic rings. The molecular weight excluding hydrogens is 292 g/mol. The molecule has 0 unspecified atom stereocenters. The third-order valence-electron chi connectivity index (χ3n) is 2.59. The van der Waals surface area contributed by atoms with Crippen LogP contribution in [0, 0.1) is 0 Å². The molecule has 0 heterocycles. The van der Waals surface area contributed by atoms with Crippen LogP contribution in [-0.2, 0) is 16.1 Å². The van der Waals surface area contributed by atoms with Gasteiger partial charge in [0.25, 0.3) is 0 Å². The molecule has 0 saturated carbocycles. The van der Waals surface area contributed by atoms with E-state index in [-0.39, 0.29) is 6.61 Å². The second kappa shape index (κ2) is 9.93. The number of methoxy groups -OCH3 is 1. The van der Waals surface area contributed by atoms with E-state index in [1.165, 1.54) is 7.11 Å². The Bertz CT molecular complexity index is 442. The van der Waals surface area contributed by atoms with Crippen LogP contribution in [0.4, 0.5) is 9.59 Å². The van der Waals surface area contributed by atoms with Gasteiger partial charge in [0, 0.05) is 0 Å². The SMILES string of the molecule is COC(=O)N[C@H](CCSC)NC(=O)OCc1ccccc1. The quantitative estimate of drug-likeness (QED) is 0.756. The number of alkyl carbamates (subject to hydrolysis) is 2. The Morgan fingerprint density at radius 1 is 1.19 bits per heavy atom. The zero-order chi connectivity index (χ0) is 15.5. The average molecular weight is 312 g/mol. The fraction of sp³-hybridized carbons (Fsp3) is 0.429. The predicted octanol–water partition coefficient (Wildman–Crippen LogP) is 2.35. The van der Waals surface area contributed by atoms with Crippen LogP contribution in [0.25, 0.3) is 0 Å². The summed E-state index contributed by atoms with van der Waals surface area (Å²) in [4.78, 5) is 22.9. The van der Waals surface area contributed by atoms with Gasteiger partial charge in [0.05, 0.1) is 7.11 Å². The fourth-order valence-corrected chi connectivity index (χ4v) is 2.00. The first-order valence-electron chi connectivity index (χ1n) is 6.46. The van der Waals surface area contributed by atoms with E-state index in [4.69, 9.17) is 4.74 Å². The van der Waals surface area contributed by atoms with Crippen molar-refractivity contribution in [2.45, 2.75) is 19.2 Å². The Morgan fingerprint density at radius 3 is 2.48 bits per heavy atom. The van der Waals surface area contributed by atoms with E-state index < -0.39 is 18.4 Å². The van der Waals surface area contributed by atoms with Gasteiger partial charge < -0.3 is 20.1 Å². The van der Waals surface area contributed by atoms with Gasteiger partial charge in [-0.2, -0.15) is 11.8 Å². The second-order valence-corrected chi connectivity index (χ2v) is 5.16. The van der Waals surface area contributed by atoms with Crippen molar-refractivity contribution < 1.29 is 19.1 Å². The van der Waals surface area contributed by atoms with Crippen LogP contribution in [0.1, 0.15) is 12.0 Å². The highest BCUT2D eigenvalue weighted by molar-refractivity contribution is 7.98. The molecule has 7 heteroatoms. The average Bonchev–Trinajstić information content (AvgIpc) is 2.51. The van der Waals surface area contributed by atoms with Crippen molar-refractivity contribution >= 4 is 23.9 Å². The summed E-state index contributed by atoms with van der Waals surface area (Å²) in [7, 11) is 1.27. The lowest BCUT2D eigenvalue weighted by Crippen LogP contribution is -2.48. The summed E-state index contributed by atoms with van der Waals surface area (Å²) >= 11 is 1.62. The minimum atomic E-state index is -0.593. The minimum absolute atomic E-state index is 0.181. The monoisotopic (exact) mass is 312 g/mol. The fourth-order valence-electron chi connectivity index (χ4n) is 1.52. The molecule has 1 aromatic rings. The van der Waals surface area contributed by atoms with E-state index in [1.54, 1.807) is 11.8 Å². The largest absolute Gasteiger partial charge is 0.453 e. The molecule has 6 nitrogen and oxygen atoms in total. The van der Waals surface area contributed by atoms with E-state index in [0.717, 1.165) is 11.3 Å². The summed E-state index contributed by atoms with van der Waals surface area (Å²) in [6.45, 7) is 0.181. The molecule has 2 amide bonds. The maximum atomic E-state index is 11.7. The summed E-state index contributed by atoms with van der Waals surface area (Å²) in [5.74, 6) is 0.785. The lowest BCUT2D eigenvalue weighted by molar-refractivity contribution is 0.130. The summed E-state index contributed by atoms with van der Waals surface area (Å²) in [6.07, 6.45) is 0.832. The van der Waals surface area contributed by atoms with Crippen molar-refractivity contribution in [3.63, 3.8) is 0 Å². The summed E-state index contributed by atoms with van der Waals surface area (Å²) < 4.78 is 9.63. The highest BCUT2D eigenvalue weighted by Gasteiger charge is 2.15. The third-order valence-corrected chi connectivity index (χ3v) is 3.24. The van der Waals surface area contributed by atoms with E-state index in [1.807, 2.05) is 36.6 Å². The van der Waals surface area contributed by atoms with E-state index in [9.17, 15) is 9.59 Å². The normalized spacial score (nSPS) is 11.3. The number of nitrogens with one attached hydrogen (secondary N) is 2. The summed E-state index contributed by atoms with van der Waals surface area (Å²) in [5, 5.41) is 5.15. The minimum Gasteiger partial charge on any atom is -0.453 e. The molecule has 116 valence electrons. The molecule has 2 N–H and O–H groups in total. The molecule has 0 fully saturated rings. The predicted molar refractivity (Wildman–Crippen MR) is 82.1 cm³/mol. The molecule has 0 saturated heterocycles. The van der Waals surface area contributed by atoms with Gasteiger partial charge in [-0.25, -0.2) is 9.59 Å². The van der Waals surface area contributed by atoms with Crippen LogP contribution >= 0.6 is 11.8 Å². The van der Waals surface area contributed by atoms with Crippen molar-refractivity contribution in [1.82, 2.24) is 10.6 Å². The van der Waals surface area contributed by atoms with Crippen molar-refractivity contribution in [3.05, 3.63) is 35.9 Å². The number of ether oxygens (including phenoxy) is 2. The number of hydrogen-bond donors (Lipinski definition) is 2. The van der Waals surface area contributed by atoms with Crippen LogP contribution in [-0.4, -0.2) is 37.5 Å². The van der Waals surface area contributed by atoms with Gasteiger partial charge in [-0.05, 0) is 24.0 Å². The van der Waals surface area contributed by atoms with Gasteiger partial charge in [0.15, 0.2) is 0 Å². The smallest absolute Gasteiger partial charge is 0.409 e. The van der Waals surface area contributed by atoms with Gasteiger partial charge in [-0.3, -0.25) is 0 Å². The molecule has 1 aromatic carbocycles. The van der Waals surface area contributed by atoms with Crippen molar-refractivity contribution in [2.24, 2.45) is 0 Å². The maximum absolute atomic E-state index is 11.7. The molecule has 1 rings (SSSR count). The van der Waals surface area contributed by atoms with Crippen LogP contribution in [0.5, 0.6) is 0 Å². The third kappa shape index (κ3) is 7.45. The van der Waals surface area contributed by atoms with Gasteiger partial charge in [0.2, 0.25) is 0 Å². The highest BCUT2D eigenvalue weighted by Crippen LogP contribution is 2.02. The van der Waals surface area contributed by atoms with Crippen molar-refractivity contribution in [3.8, 4) is 0 Å². The zero-order valence-electron chi connectivity index (χ0n) is 12.1. The number of carbonyl (C=O) groups is 2. The highest BCUT2D eigenvalue weighted by atomic mass is 32.2. The van der Waals surface area contributed by atoms with E-state index >= 15 is 0 Å². The maximum Gasteiger partial charge on any atom is 0.409 e. The summed E-state index contributed by atoms with van der Waals surface area (Å²) in [5.41, 5.74) is 0.897. The molecule has 0 aliphatic carbocycles. The van der Waals surface area contributed by atoms with Crippen LogP contribution < -0.4 is 10.6 Å². The molecule has 0 radical (unpaired) electrons. The molecular formula is C14H20N2O4S. The number of thioether (sulfide) groups is 1. The first-order chi connectivity index (χ1) is 10.2. The summed E-state index contributed by atoms with van der Waals surface area (Å²) in [6, 6.07) is 9.37. The van der Waals surface area contributed by atoms with Gasteiger partial charge in [0.1, 0.15) is 12.8 Å². The Labute approximate surface area is 128 Å². The molecule has 1 atom stereocenters. The number of rotatable bonds is 7. The zero-order valence-corrected chi connectivity index (χ0v) is 12.9. The topological polar surface area (TPSA) is 76.7 Å². The number of benzene rings is 1. The first kappa shape index (κ1) is 17.2. The molecule has 21 heavy (non-hydrogen) atoms. The van der Waals surface area contributed by atoms with Crippen molar-refractivity contribution in [2.75, 3.05) is 19.1 Å². The molecule has 0 aliphatic heterocycles. The van der Waals surface area contributed by atoms with E-state index in [0.29, 0.717) is 6.42 Å². The van der Waals surface area contributed by atoms with Crippen LogP contribution in [0.15, 0.2) is 30.3 Å². The standard InChI is InChI=1S/C14H20N2O4S/c1-19-13(17)15-12(8-9-21-2)16-14(18)20-10-11-6-4-3-5-7-11/h3-7,12H,8-10H2,1-2H3,(H,15,17)(H,16,18)/t12-/m0/s1. The van der Waals surface area contributed by atoms with Crippen LogP contribution in [0.3, 0.4) is 0 Å². The number of carbonyl (C=O) groups excluding carboxylic acids is 2. The molecule has 0 aromatic heterocycles. The second-order valence-electron chi connectivity index (χ2n) is 4.18. The lowest BCUT2D eigenvalue weighted by Gasteiger charge is -2.19. The Balaban J connectivity index is 2.41. The molecule has 0 bridgehead atoms. The Kier molecular flexibility index (Phi) is 8.11. The lowest BCUT2D eigenvalue weighted by atomic mass is 10.2.